The van der Waals surface area contributed by atoms with Gasteiger partial charge in [0.2, 0.25) is 0 Å². The van der Waals surface area contributed by atoms with Gasteiger partial charge < -0.3 is 14.6 Å². The Hall–Kier alpha value is -1.56. The predicted molar refractivity (Wildman–Crippen MR) is 89.9 cm³/mol. The third-order valence-corrected chi connectivity index (χ3v) is 4.99. The number of hydrogen-bond donors (Lipinski definition) is 1. The Morgan fingerprint density at radius 3 is 2.43 bits per heavy atom. The van der Waals surface area contributed by atoms with Crippen molar-refractivity contribution in [2.24, 2.45) is 5.41 Å². The first-order valence-corrected chi connectivity index (χ1v) is 8.71. The first kappa shape index (κ1) is 17.8. The molecule has 1 aliphatic carbocycles. The molecule has 2 rings (SSSR count). The van der Waals surface area contributed by atoms with Crippen molar-refractivity contribution in [3.8, 4) is 11.5 Å². The van der Waals surface area contributed by atoms with E-state index in [2.05, 4.69) is 15.9 Å². The SMILES string of the molecule is COc1cc2c(cc1OC)C(=O)C(CCCCCBr)(C(=O)O)C2. The molecule has 0 aliphatic heterocycles. The Morgan fingerprint density at radius 2 is 1.87 bits per heavy atom. The van der Waals surface area contributed by atoms with E-state index < -0.39 is 11.4 Å². The van der Waals surface area contributed by atoms with Crippen LogP contribution in [0.15, 0.2) is 12.1 Å². The Balaban J connectivity index is 2.33. The van der Waals surface area contributed by atoms with E-state index in [0.717, 1.165) is 23.7 Å². The van der Waals surface area contributed by atoms with Crippen molar-refractivity contribution < 1.29 is 24.2 Å². The highest BCUT2D eigenvalue weighted by Crippen LogP contribution is 2.45. The van der Waals surface area contributed by atoms with Crippen molar-refractivity contribution in [2.75, 3.05) is 19.5 Å². The third kappa shape index (κ3) is 3.22. The molecule has 1 aromatic carbocycles. The summed E-state index contributed by atoms with van der Waals surface area (Å²) in [5.74, 6) is -0.408. The maximum atomic E-state index is 12.8. The Bertz CT molecular complexity index is 613. The number of methoxy groups -OCH3 is 2. The molecule has 1 N–H and O–H groups in total. The monoisotopic (exact) mass is 384 g/mol. The molecule has 1 unspecified atom stereocenters. The van der Waals surface area contributed by atoms with Crippen LogP contribution < -0.4 is 9.47 Å². The minimum absolute atomic E-state index is 0.213. The summed E-state index contributed by atoms with van der Waals surface area (Å²) in [7, 11) is 3.01. The standard InChI is InChI=1S/C17H21BrO5/c1-22-13-8-11-10-17(16(20)21,6-4-3-5-7-18)15(19)12(11)9-14(13)23-2/h8-9H,3-7,10H2,1-2H3,(H,20,21). The highest BCUT2D eigenvalue weighted by molar-refractivity contribution is 9.09. The van der Waals surface area contributed by atoms with Gasteiger partial charge in [-0.1, -0.05) is 28.8 Å². The largest absolute Gasteiger partial charge is 0.493 e. The molecule has 0 fully saturated rings. The lowest BCUT2D eigenvalue weighted by Gasteiger charge is -2.22. The number of ether oxygens (including phenoxy) is 2. The Labute approximate surface area is 144 Å². The van der Waals surface area contributed by atoms with E-state index >= 15 is 0 Å². The summed E-state index contributed by atoms with van der Waals surface area (Å²) in [5.41, 5.74) is -0.201. The van der Waals surface area contributed by atoms with Gasteiger partial charge in [0, 0.05) is 10.9 Å². The molecule has 1 aromatic rings. The number of halogens is 1. The van der Waals surface area contributed by atoms with Gasteiger partial charge in [0.25, 0.3) is 0 Å². The second kappa shape index (κ2) is 7.34. The van der Waals surface area contributed by atoms with E-state index in [1.165, 1.54) is 14.2 Å². The van der Waals surface area contributed by atoms with Gasteiger partial charge in [0.05, 0.1) is 14.2 Å². The topological polar surface area (TPSA) is 72.8 Å². The third-order valence-electron chi connectivity index (χ3n) is 4.43. The molecule has 1 atom stereocenters. The number of aliphatic carboxylic acids is 1. The number of carbonyl (C=O) groups excluding carboxylic acids is 1. The van der Waals surface area contributed by atoms with Crippen molar-refractivity contribution in [3.05, 3.63) is 23.3 Å². The number of carboxylic acid groups (broad SMARTS) is 1. The highest BCUT2D eigenvalue weighted by Gasteiger charge is 2.51. The van der Waals surface area contributed by atoms with Gasteiger partial charge in [0.1, 0.15) is 5.41 Å². The highest BCUT2D eigenvalue weighted by atomic mass is 79.9. The molecule has 0 spiro atoms. The molecule has 0 heterocycles. The number of Topliss-reactive ketones (excluding diaryl/α,β-unsaturated/α-hetero) is 1. The molecule has 1 aliphatic rings. The van der Waals surface area contributed by atoms with Gasteiger partial charge in [-0.3, -0.25) is 9.59 Å². The summed E-state index contributed by atoms with van der Waals surface area (Å²) in [5, 5.41) is 10.6. The van der Waals surface area contributed by atoms with Crippen molar-refractivity contribution in [2.45, 2.75) is 32.1 Å². The number of fused-ring (bicyclic) bond motifs is 1. The van der Waals surface area contributed by atoms with E-state index in [1.807, 2.05) is 0 Å². The first-order valence-electron chi connectivity index (χ1n) is 7.59. The second-order valence-electron chi connectivity index (χ2n) is 5.76. The van der Waals surface area contributed by atoms with Crippen LogP contribution in [-0.2, 0) is 11.2 Å². The molecule has 0 radical (unpaired) electrons. The van der Waals surface area contributed by atoms with E-state index in [4.69, 9.17) is 9.47 Å². The molecule has 126 valence electrons. The first-order chi connectivity index (χ1) is 11.0. The van der Waals surface area contributed by atoms with Crippen LogP contribution in [0.2, 0.25) is 0 Å². The summed E-state index contributed by atoms with van der Waals surface area (Å²) < 4.78 is 10.5. The van der Waals surface area contributed by atoms with Crippen LogP contribution in [-0.4, -0.2) is 36.4 Å². The van der Waals surface area contributed by atoms with Crippen LogP contribution in [0.25, 0.3) is 0 Å². The summed E-state index contributed by atoms with van der Waals surface area (Å²) in [6.07, 6.45) is 3.15. The van der Waals surface area contributed by atoms with E-state index in [1.54, 1.807) is 12.1 Å². The number of carboxylic acids is 1. The molecule has 0 bridgehead atoms. The van der Waals surface area contributed by atoms with Crippen LogP contribution in [0.5, 0.6) is 11.5 Å². The number of unbranched alkanes of at least 4 members (excludes halogenated alkanes) is 2. The zero-order chi connectivity index (χ0) is 17.0. The Kier molecular flexibility index (Phi) is 5.68. The normalized spacial score (nSPS) is 19.5. The van der Waals surface area contributed by atoms with E-state index in [0.29, 0.717) is 29.9 Å². The quantitative estimate of drug-likeness (QED) is 0.422. The van der Waals surface area contributed by atoms with Crippen LogP contribution >= 0.6 is 15.9 Å². The van der Waals surface area contributed by atoms with Crippen LogP contribution in [0, 0.1) is 5.41 Å². The maximum absolute atomic E-state index is 12.8. The minimum atomic E-state index is -1.36. The van der Waals surface area contributed by atoms with Gasteiger partial charge in [-0.15, -0.1) is 0 Å². The molecule has 0 amide bonds. The van der Waals surface area contributed by atoms with Crippen LogP contribution in [0.3, 0.4) is 0 Å². The minimum Gasteiger partial charge on any atom is -0.493 e. The predicted octanol–water partition coefficient (Wildman–Crippen LogP) is 3.47. The second-order valence-corrected chi connectivity index (χ2v) is 6.55. The fraction of sp³-hybridized carbons (Fsp3) is 0.529. The average Bonchev–Trinajstić information content (AvgIpc) is 2.83. The number of hydrogen-bond acceptors (Lipinski definition) is 4. The zero-order valence-corrected chi connectivity index (χ0v) is 14.9. The van der Waals surface area contributed by atoms with Crippen molar-refractivity contribution in [1.29, 1.82) is 0 Å². The van der Waals surface area contributed by atoms with Crippen LogP contribution in [0.4, 0.5) is 0 Å². The lowest BCUT2D eigenvalue weighted by Crippen LogP contribution is -2.37. The van der Waals surface area contributed by atoms with Crippen molar-refractivity contribution in [1.82, 2.24) is 0 Å². The molecular formula is C17H21BrO5. The summed E-state index contributed by atoms with van der Waals surface area (Å²) in [4.78, 5) is 24.7. The molecule has 23 heavy (non-hydrogen) atoms. The number of rotatable bonds is 8. The van der Waals surface area contributed by atoms with Gasteiger partial charge in [-0.05, 0) is 37.0 Å². The molecule has 5 nitrogen and oxygen atoms in total. The molecule has 0 saturated carbocycles. The van der Waals surface area contributed by atoms with Crippen molar-refractivity contribution in [3.63, 3.8) is 0 Å². The average molecular weight is 385 g/mol. The maximum Gasteiger partial charge on any atom is 0.317 e. The molecular weight excluding hydrogens is 364 g/mol. The van der Waals surface area contributed by atoms with Gasteiger partial charge >= 0.3 is 5.97 Å². The Morgan fingerprint density at radius 1 is 1.22 bits per heavy atom. The smallest absolute Gasteiger partial charge is 0.317 e. The number of ketones is 1. The fourth-order valence-corrected chi connectivity index (χ4v) is 3.52. The number of alkyl halides is 1. The van der Waals surface area contributed by atoms with Gasteiger partial charge in [0.15, 0.2) is 17.3 Å². The zero-order valence-electron chi connectivity index (χ0n) is 13.4. The summed E-state index contributed by atoms with van der Waals surface area (Å²) in [6.45, 7) is 0. The van der Waals surface area contributed by atoms with Crippen molar-refractivity contribution >= 4 is 27.7 Å². The van der Waals surface area contributed by atoms with Gasteiger partial charge in [-0.2, -0.15) is 0 Å². The lowest BCUT2D eigenvalue weighted by molar-refractivity contribution is -0.146. The summed E-state index contributed by atoms with van der Waals surface area (Å²) >= 11 is 3.36. The fourth-order valence-electron chi connectivity index (χ4n) is 3.12. The van der Waals surface area contributed by atoms with Crippen LogP contribution in [0.1, 0.15) is 41.6 Å². The lowest BCUT2D eigenvalue weighted by atomic mass is 9.79. The molecule has 6 heteroatoms. The number of benzene rings is 1. The molecule has 0 saturated heterocycles. The molecule has 0 aromatic heterocycles. The van der Waals surface area contributed by atoms with E-state index in [-0.39, 0.29) is 12.2 Å². The number of carbonyl (C=O) groups is 2. The van der Waals surface area contributed by atoms with E-state index in [9.17, 15) is 14.7 Å². The van der Waals surface area contributed by atoms with Gasteiger partial charge in [-0.25, -0.2) is 0 Å². The summed E-state index contributed by atoms with van der Waals surface area (Å²) in [6, 6.07) is 3.31.